The van der Waals surface area contributed by atoms with Crippen molar-refractivity contribution in [3.8, 4) is 0 Å². The lowest BCUT2D eigenvalue weighted by Gasteiger charge is -2.33. The van der Waals surface area contributed by atoms with E-state index in [0.717, 1.165) is 58.5 Å². The summed E-state index contributed by atoms with van der Waals surface area (Å²) in [5.74, 6) is -0.157. The average molecular weight is 300 g/mol. The van der Waals surface area contributed by atoms with Crippen LogP contribution in [-0.4, -0.2) is 62.4 Å². The summed E-state index contributed by atoms with van der Waals surface area (Å²) in [5.41, 5.74) is -0.554. The lowest BCUT2D eigenvalue weighted by Crippen LogP contribution is -2.50. The van der Waals surface area contributed by atoms with Crippen molar-refractivity contribution in [3.63, 3.8) is 0 Å². The molecule has 0 bridgehead atoms. The van der Waals surface area contributed by atoms with Crippen LogP contribution in [0.25, 0.3) is 0 Å². The predicted octanol–water partition coefficient (Wildman–Crippen LogP) is 1.81. The maximum Gasteiger partial charge on any atom is 0.325 e. The molecular weight excluding hydrogens is 268 g/mol. The van der Waals surface area contributed by atoms with Gasteiger partial charge in [-0.1, -0.05) is 6.92 Å². The highest BCUT2D eigenvalue weighted by atomic mass is 16.5. The van der Waals surface area contributed by atoms with Gasteiger partial charge in [0.1, 0.15) is 5.54 Å². The van der Waals surface area contributed by atoms with Crippen molar-refractivity contribution < 1.29 is 14.3 Å². The Morgan fingerprint density at radius 1 is 1.48 bits per heavy atom. The number of esters is 1. The fourth-order valence-corrected chi connectivity index (χ4v) is 2.78. The molecule has 5 nitrogen and oxygen atoms in total. The van der Waals surface area contributed by atoms with E-state index in [1.807, 2.05) is 6.92 Å². The third-order valence-corrected chi connectivity index (χ3v) is 4.28. The van der Waals surface area contributed by atoms with E-state index in [9.17, 15) is 4.79 Å². The lowest BCUT2D eigenvalue weighted by atomic mass is 9.94. The van der Waals surface area contributed by atoms with Gasteiger partial charge in [0, 0.05) is 12.6 Å². The maximum absolute atomic E-state index is 12.0. The molecular formula is C16H32N2O3. The highest BCUT2D eigenvalue weighted by Gasteiger charge is 2.32. The van der Waals surface area contributed by atoms with Gasteiger partial charge in [-0.2, -0.15) is 0 Å². The molecule has 0 spiro atoms. The molecule has 1 fully saturated rings. The van der Waals surface area contributed by atoms with Crippen molar-refractivity contribution in [2.75, 3.05) is 40.0 Å². The number of unbranched alkanes of at least 4 members (excludes halogenated alkanes) is 1. The number of hydrogen-bond donors (Lipinski definition) is 1. The summed E-state index contributed by atoms with van der Waals surface area (Å²) in [4.78, 5) is 14.4. The number of rotatable bonds is 9. The first-order valence-electron chi connectivity index (χ1n) is 8.18. The van der Waals surface area contributed by atoms with Gasteiger partial charge < -0.3 is 14.8 Å². The second kappa shape index (κ2) is 9.38. The van der Waals surface area contributed by atoms with E-state index in [-0.39, 0.29) is 5.97 Å². The van der Waals surface area contributed by atoms with E-state index in [0.29, 0.717) is 6.04 Å². The molecule has 21 heavy (non-hydrogen) atoms. The summed E-state index contributed by atoms with van der Waals surface area (Å²) >= 11 is 0. The Balaban J connectivity index is 2.33. The van der Waals surface area contributed by atoms with Crippen LogP contribution >= 0.6 is 0 Å². The molecule has 2 atom stereocenters. The zero-order valence-corrected chi connectivity index (χ0v) is 14.1. The Bertz CT molecular complexity index is 312. The van der Waals surface area contributed by atoms with Gasteiger partial charge in [0.25, 0.3) is 0 Å². The number of carbonyl (C=O) groups excluding carboxylic acids is 1. The Hall–Kier alpha value is -0.650. The Kier molecular flexibility index (Phi) is 8.22. The molecule has 2 unspecified atom stereocenters. The molecule has 0 aromatic carbocycles. The van der Waals surface area contributed by atoms with Gasteiger partial charge in [0.2, 0.25) is 0 Å². The normalized spacial score (nSPS) is 22.8. The van der Waals surface area contributed by atoms with Gasteiger partial charge in [0.05, 0.1) is 20.3 Å². The number of carbonyl (C=O) groups is 1. The van der Waals surface area contributed by atoms with E-state index in [1.54, 1.807) is 0 Å². The summed E-state index contributed by atoms with van der Waals surface area (Å²) in [6.07, 6.45) is 3.95. The van der Waals surface area contributed by atoms with Crippen LogP contribution < -0.4 is 5.32 Å². The Morgan fingerprint density at radius 2 is 2.24 bits per heavy atom. The number of nitrogens with one attached hydrogen (secondary N) is 1. The minimum Gasteiger partial charge on any atom is -0.468 e. The minimum atomic E-state index is -0.554. The maximum atomic E-state index is 12.0. The molecule has 5 heteroatoms. The van der Waals surface area contributed by atoms with E-state index in [2.05, 4.69) is 24.1 Å². The van der Waals surface area contributed by atoms with E-state index < -0.39 is 5.54 Å². The van der Waals surface area contributed by atoms with Crippen LogP contribution in [0.1, 0.15) is 46.5 Å². The second-order valence-electron chi connectivity index (χ2n) is 6.17. The van der Waals surface area contributed by atoms with Gasteiger partial charge in [0.15, 0.2) is 0 Å². The SMILES string of the molecule is CCCNC(C)(CCCCN1CCOCC1C)C(=O)OC. The summed E-state index contributed by atoms with van der Waals surface area (Å²) in [6, 6.07) is 0.504. The Morgan fingerprint density at radius 3 is 2.86 bits per heavy atom. The summed E-state index contributed by atoms with van der Waals surface area (Å²) in [7, 11) is 1.46. The van der Waals surface area contributed by atoms with Crippen LogP contribution in [0.2, 0.25) is 0 Å². The summed E-state index contributed by atoms with van der Waals surface area (Å²) in [6.45, 7) is 10.9. The van der Waals surface area contributed by atoms with Gasteiger partial charge in [-0.3, -0.25) is 9.69 Å². The Labute approximate surface area is 129 Å². The first-order valence-corrected chi connectivity index (χ1v) is 8.18. The number of methoxy groups -OCH3 is 1. The van der Waals surface area contributed by atoms with E-state index in [1.165, 1.54) is 7.11 Å². The van der Waals surface area contributed by atoms with Crippen LogP contribution in [0, 0.1) is 0 Å². The van der Waals surface area contributed by atoms with Gasteiger partial charge >= 0.3 is 5.97 Å². The topological polar surface area (TPSA) is 50.8 Å². The lowest BCUT2D eigenvalue weighted by molar-refractivity contribution is -0.148. The summed E-state index contributed by atoms with van der Waals surface area (Å²) < 4.78 is 10.4. The number of morpholine rings is 1. The van der Waals surface area contributed by atoms with Crippen LogP contribution in [0.5, 0.6) is 0 Å². The standard InChI is InChI=1S/C16H32N2O3/c1-5-9-17-16(3,15(19)20-4)8-6-7-10-18-11-12-21-13-14(18)2/h14,17H,5-13H2,1-4H3. The third kappa shape index (κ3) is 5.93. The van der Waals surface area contributed by atoms with E-state index >= 15 is 0 Å². The van der Waals surface area contributed by atoms with Gasteiger partial charge in [-0.15, -0.1) is 0 Å². The first-order chi connectivity index (χ1) is 10.0. The quantitative estimate of drug-likeness (QED) is 0.520. The number of ether oxygens (including phenoxy) is 2. The zero-order valence-electron chi connectivity index (χ0n) is 14.1. The molecule has 0 aliphatic carbocycles. The van der Waals surface area contributed by atoms with Crippen LogP contribution in [0.15, 0.2) is 0 Å². The smallest absolute Gasteiger partial charge is 0.325 e. The van der Waals surface area contributed by atoms with Gasteiger partial charge in [-0.05, 0) is 52.6 Å². The molecule has 1 saturated heterocycles. The highest BCUT2D eigenvalue weighted by Crippen LogP contribution is 2.17. The molecule has 0 aromatic rings. The van der Waals surface area contributed by atoms with Crippen molar-refractivity contribution in [2.24, 2.45) is 0 Å². The molecule has 1 aliphatic rings. The third-order valence-electron chi connectivity index (χ3n) is 4.28. The van der Waals surface area contributed by atoms with Crippen LogP contribution in [-0.2, 0) is 14.3 Å². The molecule has 1 aliphatic heterocycles. The van der Waals surface area contributed by atoms with Gasteiger partial charge in [-0.25, -0.2) is 0 Å². The molecule has 0 amide bonds. The van der Waals surface area contributed by atoms with Crippen LogP contribution in [0.4, 0.5) is 0 Å². The number of nitrogens with zero attached hydrogens (tertiary/aromatic N) is 1. The average Bonchev–Trinajstić information content (AvgIpc) is 2.50. The molecule has 0 aromatic heterocycles. The largest absolute Gasteiger partial charge is 0.468 e. The van der Waals surface area contributed by atoms with Crippen molar-refractivity contribution in [3.05, 3.63) is 0 Å². The molecule has 1 rings (SSSR count). The molecule has 124 valence electrons. The van der Waals surface area contributed by atoms with Crippen molar-refractivity contribution in [1.29, 1.82) is 0 Å². The predicted molar refractivity (Wildman–Crippen MR) is 84.4 cm³/mol. The van der Waals surface area contributed by atoms with Crippen molar-refractivity contribution in [1.82, 2.24) is 10.2 Å². The zero-order chi connectivity index (χ0) is 15.7. The van der Waals surface area contributed by atoms with Crippen molar-refractivity contribution in [2.45, 2.75) is 58.0 Å². The first kappa shape index (κ1) is 18.4. The van der Waals surface area contributed by atoms with Crippen LogP contribution in [0.3, 0.4) is 0 Å². The highest BCUT2D eigenvalue weighted by molar-refractivity contribution is 5.80. The molecule has 1 heterocycles. The molecule has 0 radical (unpaired) electrons. The molecule has 0 saturated carbocycles. The molecule has 1 N–H and O–H groups in total. The monoisotopic (exact) mass is 300 g/mol. The second-order valence-corrected chi connectivity index (χ2v) is 6.17. The minimum absolute atomic E-state index is 0.157. The number of hydrogen-bond acceptors (Lipinski definition) is 5. The van der Waals surface area contributed by atoms with Crippen molar-refractivity contribution >= 4 is 5.97 Å². The van der Waals surface area contributed by atoms with E-state index in [4.69, 9.17) is 9.47 Å². The fourth-order valence-electron chi connectivity index (χ4n) is 2.78. The summed E-state index contributed by atoms with van der Waals surface area (Å²) in [5, 5.41) is 3.34. The fraction of sp³-hybridized carbons (Fsp3) is 0.938.